The molecule has 0 N–H and O–H groups in total. The molecule has 0 aliphatic carbocycles. The molecule has 3 aromatic carbocycles. The average molecular weight is 661 g/mol. The summed E-state index contributed by atoms with van der Waals surface area (Å²) in [6.07, 6.45) is 5.36. The molecule has 0 saturated heterocycles. The van der Waals surface area contributed by atoms with E-state index in [-0.39, 0.29) is 17.7 Å². The molecule has 5 aromatic rings. The number of rotatable bonds is 10. The van der Waals surface area contributed by atoms with Crippen LogP contribution in [0.1, 0.15) is 41.4 Å². The minimum atomic E-state index is -0.830. The van der Waals surface area contributed by atoms with Crippen molar-refractivity contribution < 1.29 is 23.8 Å². The van der Waals surface area contributed by atoms with Gasteiger partial charge in [0.05, 0.1) is 46.8 Å². The van der Waals surface area contributed by atoms with Crippen molar-refractivity contribution in [1.82, 2.24) is 14.3 Å². The third-order valence-electron chi connectivity index (χ3n) is 7.71. The highest BCUT2D eigenvalue weighted by Crippen LogP contribution is 2.31. The number of fused-ring (bicyclic) bond motifs is 1. The summed E-state index contributed by atoms with van der Waals surface area (Å²) in [6, 6.07) is 23.1. The van der Waals surface area contributed by atoms with Gasteiger partial charge in [0.1, 0.15) is 18.1 Å². The number of benzene rings is 3. The van der Waals surface area contributed by atoms with Crippen LogP contribution in [0.15, 0.2) is 119 Å². The number of esters is 2. The van der Waals surface area contributed by atoms with E-state index in [4.69, 9.17) is 19.3 Å². The molecule has 10 nitrogen and oxygen atoms in total. The van der Waals surface area contributed by atoms with Crippen LogP contribution < -0.4 is 19.6 Å². The minimum absolute atomic E-state index is 0.156. The standard InChI is InChI=1S/C37H32N4O6S/c1-5-20-47-29-18-16-24(17-19-29)32-27(22-40(39-32)28-10-8-7-9-11-28)21-30-34(42)41-33(25-12-14-26(15-13-25)35(43)45-4)31(36(44)46-6-2)23(3)38-37(41)48-30/h5,7-19,21-22,33H,1,6,20H2,2-4H3. The molecule has 2 aromatic heterocycles. The molecule has 1 aliphatic heterocycles. The number of nitrogens with zero attached hydrogens (tertiary/aromatic N) is 4. The second-order valence-electron chi connectivity index (χ2n) is 10.8. The average Bonchev–Trinajstić information content (AvgIpc) is 3.67. The number of hydrogen-bond acceptors (Lipinski definition) is 9. The van der Waals surface area contributed by atoms with E-state index in [0.717, 1.165) is 11.3 Å². The van der Waals surface area contributed by atoms with Crippen molar-refractivity contribution in [2.24, 2.45) is 4.99 Å². The third kappa shape index (κ3) is 6.27. The molecular formula is C37H32N4O6S. The van der Waals surface area contributed by atoms with Gasteiger partial charge in [-0.25, -0.2) is 19.3 Å². The summed E-state index contributed by atoms with van der Waals surface area (Å²) >= 11 is 1.22. The maximum atomic E-state index is 14.3. The Hall–Kier alpha value is -5.81. The van der Waals surface area contributed by atoms with Gasteiger partial charge in [-0.05, 0) is 74.0 Å². The van der Waals surface area contributed by atoms with Crippen LogP contribution in [0, 0.1) is 0 Å². The summed E-state index contributed by atoms with van der Waals surface area (Å²) < 4.78 is 19.6. The molecule has 0 spiro atoms. The first-order valence-corrected chi connectivity index (χ1v) is 16.0. The van der Waals surface area contributed by atoms with Crippen LogP contribution in [0.2, 0.25) is 0 Å². The summed E-state index contributed by atoms with van der Waals surface area (Å²) in [6.45, 7) is 7.69. The van der Waals surface area contributed by atoms with Crippen molar-refractivity contribution in [3.8, 4) is 22.7 Å². The van der Waals surface area contributed by atoms with Crippen molar-refractivity contribution in [3.63, 3.8) is 0 Å². The number of para-hydroxylation sites is 1. The molecule has 11 heteroatoms. The summed E-state index contributed by atoms with van der Waals surface area (Å²) in [5.74, 6) is -0.362. The Morgan fingerprint density at radius 3 is 2.40 bits per heavy atom. The van der Waals surface area contributed by atoms with E-state index in [1.807, 2.05) is 60.8 Å². The van der Waals surface area contributed by atoms with Gasteiger partial charge in [0.15, 0.2) is 4.80 Å². The van der Waals surface area contributed by atoms with Gasteiger partial charge in [0.2, 0.25) is 0 Å². The van der Waals surface area contributed by atoms with E-state index >= 15 is 0 Å². The Morgan fingerprint density at radius 1 is 1.00 bits per heavy atom. The fraction of sp³-hybridized carbons (Fsp3) is 0.162. The quantitative estimate of drug-likeness (QED) is 0.153. The van der Waals surface area contributed by atoms with E-state index < -0.39 is 18.0 Å². The van der Waals surface area contributed by atoms with Crippen molar-refractivity contribution >= 4 is 29.4 Å². The molecule has 48 heavy (non-hydrogen) atoms. The zero-order valence-electron chi connectivity index (χ0n) is 26.6. The molecular weight excluding hydrogens is 628 g/mol. The monoisotopic (exact) mass is 660 g/mol. The zero-order valence-corrected chi connectivity index (χ0v) is 27.4. The Labute approximate surface area is 280 Å². The fourth-order valence-corrected chi connectivity index (χ4v) is 6.50. The van der Waals surface area contributed by atoms with Crippen LogP contribution in [0.25, 0.3) is 23.0 Å². The summed E-state index contributed by atoms with van der Waals surface area (Å²) in [5, 5.41) is 4.90. The van der Waals surface area contributed by atoms with Gasteiger partial charge in [-0.15, -0.1) is 0 Å². The summed E-state index contributed by atoms with van der Waals surface area (Å²) in [4.78, 5) is 44.8. The Bertz CT molecular complexity index is 2210. The SMILES string of the molecule is C=CCOc1ccc(-c2nn(-c3ccccc3)cc2C=c2sc3n(c2=O)C(c2ccc(C(=O)OC)cc2)C(C(=O)OCC)=C(C)N=3)cc1. The van der Waals surface area contributed by atoms with Gasteiger partial charge in [-0.2, -0.15) is 5.10 Å². The van der Waals surface area contributed by atoms with Crippen molar-refractivity contribution in [1.29, 1.82) is 0 Å². The first-order valence-electron chi connectivity index (χ1n) is 15.2. The van der Waals surface area contributed by atoms with Crippen LogP contribution >= 0.6 is 11.3 Å². The molecule has 0 amide bonds. The lowest BCUT2D eigenvalue weighted by molar-refractivity contribution is -0.139. The third-order valence-corrected chi connectivity index (χ3v) is 8.69. The number of methoxy groups -OCH3 is 1. The largest absolute Gasteiger partial charge is 0.490 e. The summed E-state index contributed by atoms with van der Waals surface area (Å²) in [7, 11) is 1.31. The highest BCUT2D eigenvalue weighted by molar-refractivity contribution is 7.07. The molecule has 0 bridgehead atoms. The van der Waals surface area contributed by atoms with Gasteiger partial charge in [0.25, 0.3) is 5.56 Å². The maximum Gasteiger partial charge on any atom is 0.338 e. The lowest BCUT2D eigenvalue weighted by atomic mass is 9.95. The normalized spacial score (nSPS) is 14.2. The number of thiazole rings is 1. The number of allylic oxidation sites excluding steroid dienone is 1. The first-order chi connectivity index (χ1) is 23.3. The van der Waals surface area contributed by atoms with Gasteiger partial charge >= 0.3 is 11.9 Å². The Morgan fingerprint density at radius 2 is 1.73 bits per heavy atom. The second-order valence-corrected chi connectivity index (χ2v) is 11.8. The van der Waals surface area contributed by atoms with Crippen molar-refractivity contribution in [2.45, 2.75) is 19.9 Å². The topological polar surface area (TPSA) is 114 Å². The maximum absolute atomic E-state index is 14.3. The first kappa shape index (κ1) is 32.1. The van der Waals surface area contributed by atoms with E-state index in [0.29, 0.717) is 49.8 Å². The van der Waals surface area contributed by atoms with Gasteiger partial charge in [-0.3, -0.25) is 9.36 Å². The van der Waals surface area contributed by atoms with E-state index in [1.54, 1.807) is 54.9 Å². The number of hydrogen-bond donors (Lipinski definition) is 0. The lowest BCUT2D eigenvalue weighted by Crippen LogP contribution is -2.40. The van der Waals surface area contributed by atoms with Crippen LogP contribution in [0.4, 0.5) is 0 Å². The van der Waals surface area contributed by atoms with E-state index in [1.165, 1.54) is 23.0 Å². The van der Waals surface area contributed by atoms with Crippen LogP contribution in [-0.2, 0) is 14.3 Å². The van der Waals surface area contributed by atoms with E-state index in [9.17, 15) is 14.4 Å². The number of aromatic nitrogens is 3. The zero-order chi connectivity index (χ0) is 33.8. The molecule has 0 saturated carbocycles. The van der Waals surface area contributed by atoms with Crippen LogP contribution in [0.3, 0.4) is 0 Å². The summed E-state index contributed by atoms with van der Waals surface area (Å²) in [5.41, 5.74) is 4.38. The molecule has 6 rings (SSSR count). The highest BCUT2D eigenvalue weighted by Gasteiger charge is 2.33. The molecule has 3 heterocycles. The van der Waals surface area contributed by atoms with Crippen molar-refractivity contribution in [2.75, 3.05) is 20.3 Å². The van der Waals surface area contributed by atoms with Crippen LogP contribution in [0.5, 0.6) is 5.75 Å². The number of carbonyl (C=O) groups is 2. The molecule has 1 aliphatic rings. The predicted molar refractivity (Wildman–Crippen MR) is 183 cm³/mol. The van der Waals surface area contributed by atoms with Gasteiger partial charge in [-0.1, -0.05) is 54.3 Å². The Balaban J connectivity index is 1.51. The molecule has 1 atom stereocenters. The van der Waals surface area contributed by atoms with Gasteiger partial charge < -0.3 is 14.2 Å². The predicted octanol–water partition coefficient (Wildman–Crippen LogP) is 5.00. The Kier molecular flexibility index (Phi) is 9.31. The molecule has 1 unspecified atom stereocenters. The number of carbonyl (C=O) groups excluding carboxylic acids is 2. The van der Waals surface area contributed by atoms with Crippen molar-refractivity contribution in [3.05, 3.63) is 145 Å². The number of ether oxygens (including phenoxy) is 3. The molecule has 0 fully saturated rings. The lowest BCUT2D eigenvalue weighted by Gasteiger charge is -2.24. The molecule has 242 valence electrons. The van der Waals surface area contributed by atoms with E-state index in [2.05, 4.69) is 11.6 Å². The smallest absolute Gasteiger partial charge is 0.338 e. The fourth-order valence-electron chi connectivity index (χ4n) is 5.46. The minimum Gasteiger partial charge on any atom is -0.490 e. The van der Waals surface area contributed by atoms with Crippen LogP contribution in [-0.4, -0.2) is 46.6 Å². The second kappa shape index (κ2) is 13.9. The molecule has 0 radical (unpaired) electrons. The highest BCUT2D eigenvalue weighted by atomic mass is 32.1. The van der Waals surface area contributed by atoms with Gasteiger partial charge in [0, 0.05) is 17.3 Å².